The summed E-state index contributed by atoms with van der Waals surface area (Å²) in [4.78, 5) is 18.7. The molecule has 3 rings (SSSR count). The summed E-state index contributed by atoms with van der Waals surface area (Å²) in [6, 6.07) is 7.67. The van der Waals surface area contributed by atoms with E-state index in [4.69, 9.17) is 5.84 Å². The van der Waals surface area contributed by atoms with Gasteiger partial charge in [0, 0.05) is 25.2 Å². The van der Waals surface area contributed by atoms with Gasteiger partial charge in [-0.15, -0.1) is 0 Å². The average molecular weight is 284 g/mol. The van der Waals surface area contributed by atoms with E-state index in [1.165, 1.54) is 6.42 Å². The zero-order chi connectivity index (χ0) is 15.0. The van der Waals surface area contributed by atoms with E-state index in [9.17, 15) is 4.79 Å². The predicted octanol–water partition coefficient (Wildman–Crippen LogP) is 2.25. The summed E-state index contributed by atoms with van der Waals surface area (Å²) >= 11 is 0. The van der Waals surface area contributed by atoms with Crippen LogP contribution in [-0.4, -0.2) is 29.4 Å². The highest BCUT2D eigenvalue weighted by Gasteiger charge is 2.34. The van der Waals surface area contributed by atoms with Crippen molar-refractivity contribution in [1.29, 1.82) is 0 Å². The van der Waals surface area contributed by atoms with Gasteiger partial charge in [-0.25, -0.2) is 10.8 Å². The number of benzene rings is 1. The highest BCUT2D eigenvalue weighted by molar-refractivity contribution is 6.09. The van der Waals surface area contributed by atoms with Crippen molar-refractivity contribution in [2.45, 2.75) is 13.3 Å². The first kappa shape index (κ1) is 13.8. The van der Waals surface area contributed by atoms with E-state index in [1.54, 1.807) is 11.1 Å². The molecule has 1 aromatic heterocycles. The van der Waals surface area contributed by atoms with Crippen molar-refractivity contribution in [1.82, 2.24) is 9.88 Å². The summed E-state index contributed by atoms with van der Waals surface area (Å²) < 4.78 is 0. The summed E-state index contributed by atoms with van der Waals surface area (Å²) in [5.41, 5.74) is 3.20. The second-order valence-corrected chi connectivity index (χ2v) is 5.87. The highest BCUT2D eigenvalue weighted by Crippen LogP contribution is 2.38. The highest BCUT2D eigenvalue weighted by atomic mass is 16.2. The quantitative estimate of drug-likeness (QED) is 0.667. The van der Waals surface area contributed by atoms with Crippen LogP contribution in [0.2, 0.25) is 0 Å². The van der Waals surface area contributed by atoms with Gasteiger partial charge in [0.05, 0.1) is 5.56 Å². The second-order valence-electron chi connectivity index (χ2n) is 5.87. The number of hydrazine groups is 1. The predicted molar refractivity (Wildman–Crippen MR) is 83.8 cm³/mol. The summed E-state index contributed by atoms with van der Waals surface area (Å²) in [5.74, 6) is 7.46. The number of nitrogen functional groups attached to an aromatic ring is 1. The van der Waals surface area contributed by atoms with Crippen LogP contribution in [0.1, 0.15) is 23.7 Å². The Bertz CT molecular complexity index is 685. The number of fused-ring (bicyclic) bond motifs is 1. The Morgan fingerprint density at radius 2 is 2.10 bits per heavy atom. The first-order chi connectivity index (χ1) is 10.1. The van der Waals surface area contributed by atoms with Crippen LogP contribution in [0.4, 0.5) is 5.82 Å². The fourth-order valence-corrected chi connectivity index (χ4v) is 2.77. The third-order valence-corrected chi connectivity index (χ3v) is 4.29. The molecule has 0 bridgehead atoms. The molecule has 0 spiro atoms. The lowest BCUT2D eigenvalue weighted by molar-refractivity contribution is 0.0788. The lowest BCUT2D eigenvalue weighted by Crippen LogP contribution is -2.29. The fraction of sp³-hybridized carbons (Fsp3) is 0.375. The number of nitrogens with zero attached hydrogens (tertiary/aromatic N) is 2. The molecule has 3 N–H and O–H groups in total. The van der Waals surface area contributed by atoms with E-state index in [2.05, 4.69) is 17.3 Å². The molecule has 5 heteroatoms. The lowest BCUT2D eigenvalue weighted by atomic mass is 10.1. The normalized spacial score (nSPS) is 20.3. The third kappa shape index (κ3) is 2.56. The van der Waals surface area contributed by atoms with Crippen LogP contribution in [0.5, 0.6) is 0 Å². The molecule has 1 amide bonds. The van der Waals surface area contributed by atoms with Crippen molar-refractivity contribution in [3.8, 4) is 0 Å². The minimum absolute atomic E-state index is 0.0152. The van der Waals surface area contributed by atoms with Gasteiger partial charge in [0.15, 0.2) is 0 Å². The number of nitrogens with two attached hydrogens (primary N) is 1. The van der Waals surface area contributed by atoms with E-state index in [0.29, 0.717) is 17.3 Å². The molecule has 0 radical (unpaired) electrons. The summed E-state index contributed by atoms with van der Waals surface area (Å²) in [7, 11) is 1.86. The van der Waals surface area contributed by atoms with Crippen LogP contribution in [0, 0.1) is 11.8 Å². The molecule has 110 valence electrons. The third-order valence-electron chi connectivity index (χ3n) is 4.29. The van der Waals surface area contributed by atoms with Crippen LogP contribution in [0.15, 0.2) is 30.5 Å². The summed E-state index contributed by atoms with van der Waals surface area (Å²) in [5, 5.41) is 1.74. The molecule has 5 nitrogen and oxygen atoms in total. The Labute approximate surface area is 124 Å². The maximum atomic E-state index is 12.7. The Morgan fingerprint density at radius 1 is 1.43 bits per heavy atom. The number of anilines is 1. The van der Waals surface area contributed by atoms with E-state index >= 15 is 0 Å². The van der Waals surface area contributed by atoms with Gasteiger partial charge in [0.25, 0.3) is 5.91 Å². The molecule has 0 aliphatic heterocycles. The van der Waals surface area contributed by atoms with Crippen LogP contribution < -0.4 is 11.3 Å². The summed E-state index contributed by atoms with van der Waals surface area (Å²) in [6.07, 6.45) is 2.82. The average Bonchev–Trinajstić information content (AvgIpc) is 3.20. The molecule has 1 aliphatic carbocycles. The van der Waals surface area contributed by atoms with Gasteiger partial charge in [0.1, 0.15) is 5.82 Å². The lowest BCUT2D eigenvalue weighted by Gasteiger charge is -2.18. The van der Waals surface area contributed by atoms with Crippen LogP contribution in [-0.2, 0) is 0 Å². The second kappa shape index (κ2) is 5.33. The standard InChI is InChI=1S/C16H20N4O/c1-10-7-11(10)9-20(2)16(21)14-8-18-15(19-17)13-6-4-3-5-12(13)14/h3-6,8,10-11H,7,9,17H2,1-2H3,(H,18,19). The Hall–Kier alpha value is -2.14. The first-order valence-electron chi connectivity index (χ1n) is 7.21. The van der Waals surface area contributed by atoms with Crippen molar-refractivity contribution in [3.05, 3.63) is 36.0 Å². The molecule has 1 fully saturated rings. The topological polar surface area (TPSA) is 71.2 Å². The largest absolute Gasteiger partial charge is 0.341 e. The number of hydrogen-bond acceptors (Lipinski definition) is 4. The minimum Gasteiger partial charge on any atom is -0.341 e. The molecular formula is C16H20N4O. The van der Waals surface area contributed by atoms with Gasteiger partial charge in [-0.2, -0.15) is 0 Å². The van der Waals surface area contributed by atoms with Crippen LogP contribution in [0.3, 0.4) is 0 Å². The number of hydrogen-bond donors (Lipinski definition) is 2. The summed E-state index contributed by atoms with van der Waals surface area (Å²) in [6.45, 7) is 3.03. The maximum Gasteiger partial charge on any atom is 0.255 e. The molecular weight excluding hydrogens is 264 g/mol. The molecule has 1 saturated carbocycles. The number of amides is 1. The number of aromatic nitrogens is 1. The number of carbonyl (C=O) groups excluding carboxylic acids is 1. The molecule has 2 atom stereocenters. The van der Waals surface area contributed by atoms with Gasteiger partial charge >= 0.3 is 0 Å². The molecule has 1 aliphatic rings. The maximum absolute atomic E-state index is 12.7. The SMILES string of the molecule is CC1CC1CN(C)C(=O)c1cnc(NN)c2ccccc12. The van der Waals surface area contributed by atoms with E-state index in [0.717, 1.165) is 23.2 Å². The Kier molecular flexibility index (Phi) is 3.51. The first-order valence-corrected chi connectivity index (χ1v) is 7.21. The number of nitrogens with one attached hydrogen (secondary N) is 1. The van der Waals surface area contributed by atoms with Crippen molar-refractivity contribution in [2.75, 3.05) is 19.0 Å². The minimum atomic E-state index is 0.0152. The van der Waals surface area contributed by atoms with E-state index in [-0.39, 0.29) is 5.91 Å². The van der Waals surface area contributed by atoms with Gasteiger partial charge in [0.2, 0.25) is 0 Å². The fourth-order valence-electron chi connectivity index (χ4n) is 2.77. The van der Waals surface area contributed by atoms with E-state index < -0.39 is 0 Å². The molecule has 2 unspecified atom stereocenters. The molecule has 1 heterocycles. The van der Waals surface area contributed by atoms with Gasteiger partial charge in [-0.05, 0) is 23.6 Å². The van der Waals surface area contributed by atoms with Crippen LogP contribution in [0.25, 0.3) is 10.8 Å². The van der Waals surface area contributed by atoms with E-state index in [1.807, 2.05) is 31.3 Å². The number of rotatable bonds is 4. The molecule has 1 aromatic carbocycles. The Morgan fingerprint density at radius 3 is 2.71 bits per heavy atom. The van der Waals surface area contributed by atoms with Gasteiger partial charge in [-0.1, -0.05) is 31.2 Å². The van der Waals surface area contributed by atoms with Crippen molar-refractivity contribution >= 4 is 22.5 Å². The monoisotopic (exact) mass is 284 g/mol. The zero-order valence-electron chi connectivity index (χ0n) is 12.3. The molecule has 2 aromatic rings. The molecule has 21 heavy (non-hydrogen) atoms. The molecule has 0 saturated heterocycles. The van der Waals surface area contributed by atoms with Crippen LogP contribution >= 0.6 is 0 Å². The zero-order valence-corrected chi connectivity index (χ0v) is 12.3. The Balaban J connectivity index is 1.94. The number of pyridine rings is 1. The van der Waals surface area contributed by atoms with Gasteiger partial charge < -0.3 is 10.3 Å². The van der Waals surface area contributed by atoms with Gasteiger partial charge in [-0.3, -0.25) is 4.79 Å². The van der Waals surface area contributed by atoms with Crippen molar-refractivity contribution in [3.63, 3.8) is 0 Å². The smallest absolute Gasteiger partial charge is 0.255 e. The number of carbonyl (C=O) groups is 1. The van der Waals surface area contributed by atoms with Crippen molar-refractivity contribution in [2.24, 2.45) is 17.7 Å². The van der Waals surface area contributed by atoms with Crippen molar-refractivity contribution < 1.29 is 4.79 Å².